The molecule has 1 aliphatic rings. The SMILES string of the molecule is COc1cc(C)c(S(=O)(=O)NC2(CN)CCCC2)cc1Cl. The topological polar surface area (TPSA) is 81.4 Å². The van der Waals surface area contributed by atoms with E-state index in [4.69, 9.17) is 22.1 Å². The molecular formula is C14H21ClN2O3S. The number of methoxy groups -OCH3 is 1. The number of hydrogen-bond acceptors (Lipinski definition) is 4. The summed E-state index contributed by atoms with van der Waals surface area (Å²) in [7, 11) is -2.17. The minimum Gasteiger partial charge on any atom is -0.495 e. The Hall–Kier alpha value is -0.820. The highest BCUT2D eigenvalue weighted by Gasteiger charge is 2.37. The van der Waals surface area contributed by atoms with Gasteiger partial charge in [0, 0.05) is 12.1 Å². The minimum atomic E-state index is -3.66. The molecule has 2 rings (SSSR count). The van der Waals surface area contributed by atoms with E-state index in [9.17, 15) is 8.42 Å². The van der Waals surface area contributed by atoms with Gasteiger partial charge in [0.05, 0.1) is 17.0 Å². The lowest BCUT2D eigenvalue weighted by Crippen LogP contribution is -2.51. The number of benzene rings is 1. The lowest BCUT2D eigenvalue weighted by Gasteiger charge is -2.28. The predicted octanol–water partition coefficient (Wildman–Crippen LogP) is 2.21. The fourth-order valence-electron chi connectivity index (χ4n) is 2.82. The molecule has 0 bridgehead atoms. The number of hydrogen-bond donors (Lipinski definition) is 2. The third kappa shape index (κ3) is 3.34. The molecular weight excluding hydrogens is 312 g/mol. The number of sulfonamides is 1. The smallest absolute Gasteiger partial charge is 0.241 e. The number of nitrogens with one attached hydrogen (secondary N) is 1. The van der Waals surface area contributed by atoms with Gasteiger partial charge >= 0.3 is 0 Å². The molecule has 0 spiro atoms. The summed E-state index contributed by atoms with van der Waals surface area (Å²) in [6.07, 6.45) is 3.52. The normalized spacial score (nSPS) is 17.9. The van der Waals surface area contributed by atoms with Crippen LogP contribution in [0.4, 0.5) is 0 Å². The lowest BCUT2D eigenvalue weighted by atomic mass is 10.0. The number of nitrogens with two attached hydrogens (primary N) is 1. The highest BCUT2D eigenvalue weighted by Crippen LogP contribution is 2.33. The van der Waals surface area contributed by atoms with E-state index < -0.39 is 15.6 Å². The fourth-order valence-corrected chi connectivity index (χ4v) is 4.85. The van der Waals surface area contributed by atoms with Crippen molar-refractivity contribution >= 4 is 21.6 Å². The molecule has 0 amide bonds. The Kier molecular flexibility index (Phi) is 4.82. The van der Waals surface area contributed by atoms with Crippen molar-refractivity contribution in [3.05, 3.63) is 22.7 Å². The number of aryl methyl sites for hydroxylation is 1. The van der Waals surface area contributed by atoms with Crippen molar-refractivity contribution in [2.75, 3.05) is 13.7 Å². The van der Waals surface area contributed by atoms with Crippen LogP contribution in [-0.2, 0) is 10.0 Å². The number of ether oxygens (including phenoxy) is 1. The average Bonchev–Trinajstić information content (AvgIpc) is 2.89. The molecule has 1 aromatic rings. The van der Waals surface area contributed by atoms with E-state index >= 15 is 0 Å². The molecule has 21 heavy (non-hydrogen) atoms. The van der Waals surface area contributed by atoms with Crippen LogP contribution in [0, 0.1) is 6.92 Å². The largest absolute Gasteiger partial charge is 0.495 e. The van der Waals surface area contributed by atoms with Gasteiger partial charge in [-0.3, -0.25) is 0 Å². The number of rotatable bonds is 5. The van der Waals surface area contributed by atoms with Crippen molar-refractivity contribution in [3.63, 3.8) is 0 Å². The third-order valence-corrected chi connectivity index (χ3v) is 6.06. The first-order valence-electron chi connectivity index (χ1n) is 6.92. The van der Waals surface area contributed by atoms with Crippen LogP contribution < -0.4 is 15.2 Å². The summed E-state index contributed by atoms with van der Waals surface area (Å²) in [5.41, 5.74) is 5.86. The van der Waals surface area contributed by atoms with Crippen molar-refractivity contribution in [3.8, 4) is 5.75 Å². The number of halogens is 1. The second kappa shape index (κ2) is 6.12. The Bertz CT molecular complexity index is 625. The zero-order valence-electron chi connectivity index (χ0n) is 12.3. The highest BCUT2D eigenvalue weighted by atomic mass is 35.5. The van der Waals surface area contributed by atoms with E-state index in [0.29, 0.717) is 17.9 Å². The standard InChI is InChI=1S/C14H21ClN2O3S/c1-10-7-12(20-2)11(15)8-13(10)21(18,19)17-14(9-16)5-3-4-6-14/h7-8,17H,3-6,9,16H2,1-2H3. The Labute approximate surface area is 130 Å². The van der Waals surface area contributed by atoms with E-state index in [1.807, 2.05) is 0 Å². The summed E-state index contributed by atoms with van der Waals surface area (Å²) in [5, 5.41) is 0.275. The molecule has 0 aliphatic heterocycles. The lowest BCUT2D eigenvalue weighted by molar-refractivity contribution is 0.399. The van der Waals surface area contributed by atoms with Crippen molar-refractivity contribution in [1.82, 2.24) is 4.72 Å². The third-order valence-electron chi connectivity index (χ3n) is 4.04. The van der Waals surface area contributed by atoms with Crippen LogP contribution >= 0.6 is 11.6 Å². The average molecular weight is 333 g/mol. The van der Waals surface area contributed by atoms with E-state index in [1.54, 1.807) is 13.0 Å². The maximum atomic E-state index is 12.7. The second-order valence-electron chi connectivity index (χ2n) is 5.55. The first-order valence-corrected chi connectivity index (χ1v) is 8.78. The van der Waals surface area contributed by atoms with Crippen LogP contribution in [0.15, 0.2) is 17.0 Å². The Morgan fingerprint density at radius 3 is 2.52 bits per heavy atom. The maximum Gasteiger partial charge on any atom is 0.241 e. The Morgan fingerprint density at radius 1 is 1.38 bits per heavy atom. The Balaban J connectivity index is 2.38. The van der Waals surface area contributed by atoms with Gasteiger partial charge in [-0.2, -0.15) is 0 Å². The summed E-state index contributed by atoms with van der Waals surface area (Å²) in [6.45, 7) is 2.02. The molecule has 1 aliphatic carbocycles. The first-order chi connectivity index (χ1) is 9.83. The van der Waals surface area contributed by atoms with Gasteiger partial charge in [0.15, 0.2) is 0 Å². The summed E-state index contributed by atoms with van der Waals surface area (Å²) in [5.74, 6) is 0.461. The quantitative estimate of drug-likeness (QED) is 0.866. The molecule has 5 nitrogen and oxygen atoms in total. The predicted molar refractivity (Wildman–Crippen MR) is 83.3 cm³/mol. The molecule has 0 saturated heterocycles. The molecule has 3 N–H and O–H groups in total. The summed E-state index contributed by atoms with van der Waals surface area (Å²) in [6, 6.07) is 3.05. The van der Waals surface area contributed by atoms with Gasteiger partial charge in [-0.05, 0) is 37.5 Å². The van der Waals surface area contributed by atoms with Crippen LogP contribution in [-0.4, -0.2) is 27.6 Å². The van der Waals surface area contributed by atoms with Gasteiger partial charge in [-0.1, -0.05) is 24.4 Å². The molecule has 1 aromatic carbocycles. The van der Waals surface area contributed by atoms with Crippen LogP contribution in [0.25, 0.3) is 0 Å². The molecule has 7 heteroatoms. The highest BCUT2D eigenvalue weighted by molar-refractivity contribution is 7.89. The van der Waals surface area contributed by atoms with Crippen molar-refractivity contribution in [1.29, 1.82) is 0 Å². The summed E-state index contributed by atoms with van der Waals surface area (Å²) >= 11 is 6.05. The van der Waals surface area contributed by atoms with E-state index in [2.05, 4.69) is 4.72 Å². The Morgan fingerprint density at radius 2 is 2.00 bits per heavy atom. The van der Waals surface area contributed by atoms with Crippen molar-refractivity contribution in [2.24, 2.45) is 5.73 Å². The molecule has 0 heterocycles. The molecule has 118 valence electrons. The van der Waals surface area contributed by atoms with Gasteiger partial charge in [0.2, 0.25) is 10.0 Å². The minimum absolute atomic E-state index is 0.174. The van der Waals surface area contributed by atoms with Crippen LogP contribution in [0.2, 0.25) is 5.02 Å². The monoisotopic (exact) mass is 332 g/mol. The maximum absolute atomic E-state index is 12.7. The molecule has 1 saturated carbocycles. The summed E-state index contributed by atoms with van der Waals surface area (Å²) in [4.78, 5) is 0.174. The zero-order valence-corrected chi connectivity index (χ0v) is 13.9. The van der Waals surface area contributed by atoms with Gasteiger partial charge in [0.1, 0.15) is 5.75 Å². The van der Waals surface area contributed by atoms with Gasteiger partial charge < -0.3 is 10.5 Å². The molecule has 0 aromatic heterocycles. The van der Waals surface area contributed by atoms with E-state index in [0.717, 1.165) is 25.7 Å². The van der Waals surface area contributed by atoms with Crippen LogP contribution in [0.5, 0.6) is 5.75 Å². The summed E-state index contributed by atoms with van der Waals surface area (Å²) < 4.78 is 33.2. The van der Waals surface area contributed by atoms with Gasteiger partial charge in [-0.25, -0.2) is 13.1 Å². The first kappa shape index (κ1) is 16.5. The molecule has 0 unspecified atom stereocenters. The fraction of sp³-hybridized carbons (Fsp3) is 0.571. The van der Waals surface area contributed by atoms with Crippen LogP contribution in [0.1, 0.15) is 31.2 Å². The van der Waals surface area contributed by atoms with Crippen molar-refractivity contribution < 1.29 is 13.2 Å². The van der Waals surface area contributed by atoms with Crippen molar-refractivity contribution in [2.45, 2.75) is 43.0 Å². The van der Waals surface area contributed by atoms with E-state index in [-0.39, 0.29) is 9.92 Å². The van der Waals surface area contributed by atoms with Gasteiger partial charge in [-0.15, -0.1) is 0 Å². The second-order valence-corrected chi connectivity index (χ2v) is 7.61. The zero-order chi connectivity index (χ0) is 15.7. The van der Waals surface area contributed by atoms with Crippen LogP contribution in [0.3, 0.4) is 0 Å². The molecule has 0 atom stereocenters. The van der Waals surface area contributed by atoms with Gasteiger partial charge in [0.25, 0.3) is 0 Å². The molecule has 1 fully saturated rings. The molecule has 0 radical (unpaired) electrons. The van der Waals surface area contributed by atoms with E-state index in [1.165, 1.54) is 13.2 Å².